The van der Waals surface area contributed by atoms with E-state index in [1.54, 1.807) is 0 Å². The smallest absolute Gasteiger partial charge is 0.0894 e. The van der Waals surface area contributed by atoms with E-state index in [2.05, 4.69) is 5.16 Å². The van der Waals surface area contributed by atoms with Crippen molar-refractivity contribution >= 4 is 5.71 Å². The van der Waals surface area contributed by atoms with Crippen LogP contribution < -0.4 is 0 Å². The molecule has 1 aromatic rings. The average molecular weight is 177 g/mol. The third-order valence-corrected chi connectivity index (χ3v) is 2.05. The lowest BCUT2D eigenvalue weighted by Gasteiger charge is -2.00. The van der Waals surface area contributed by atoms with Crippen LogP contribution in [-0.2, 0) is 4.74 Å². The summed E-state index contributed by atoms with van der Waals surface area (Å²) in [5, 5.41) is 12.1. The maximum absolute atomic E-state index is 8.79. The second-order valence-electron chi connectivity index (χ2n) is 3.07. The highest BCUT2D eigenvalue weighted by Gasteiger charge is 2.25. The van der Waals surface area contributed by atoms with Crippen molar-refractivity contribution < 1.29 is 9.94 Å². The second kappa shape index (κ2) is 3.58. The summed E-state index contributed by atoms with van der Waals surface area (Å²) in [5.41, 5.74) is 1.66. The molecule has 0 aliphatic carbocycles. The standard InChI is InChI=1S/C10H11NO2/c12-11-10(6-9-7-13-9)8-4-2-1-3-5-8/h1-5,9,12H,6-7H2/b11-10-. The van der Waals surface area contributed by atoms with Crippen molar-refractivity contribution in [2.75, 3.05) is 6.61 Å². The number of hydrogen-bond acceptors (Lipinski definition) is 3. The third kappa shape index (κ3) is 2.06. The fourth-order valence-corrected chi connectivity index (χ4v) is 1.25. The van der Waals surface area contributed by atoms with E-state index in [9.17, 15) is 0 Å². The molecule has 1 heterocycles. The number of nitrogens with zero attached hydrogens (tertiary/aromatic N) is 1. The monoisotopic (exact) mass is 177 g/mol. The first-order valence-electron chi connectivity index (χ1n) is 4.28. The number of hydrogen-bond donors (Lipinski definition) is 1. The summed E-state index contributed by atoms with van der Waals surface area (Å²) in [4.78, 5) is 0. The van der Waals surface area contributed by atoms with Gasteiger partial charge in [-0.2, -0.15) is 0 Å². The molecule has 1 unspecified atom stereocenters. The molecule has 3 nitrogen and oxygen atoms in total. The molecule has 2 rings (SSSR count). The van der Waals surface area contributed by atoms with Crippen molar-refractivity contribution in [1.82, 2.24) is 0 Å². The van der Waals surface area contributed by atoms with Crippen LogP contribution in [0.1, 0.15) is 12.0 Å². The maximum Gasteiger partial charge on any atom is 0.0894 e. The molecular formula is C10H11NO2. The molecule has 1 saturated heterocycles. The molecule has 1 aliphatic heterocycles. The number of ether oxygens (including phenoxy) is 1. The van der Waals surface area contributed by atoms with Gasteiger partial charge in [-0.1, -0.05) is 35.5 Å². The van der Waals surface area contributed by atoms with Crippen LogP contribution in [0.5, 0.6) is 0 Å². The minimum atomic E-state index is 0.256. The van der Waals surface area contributed by atoms with Gasteiger partial charge < -0.3 is 9.94 Å². The molecule has 1 atom stereocenters. The summed E-state index contributed by atoms with van der Waals surface area (Å²) in [6, 6.07) is 9.64. The number of rotatable bonds is 3. The van der Waals surface area contributed by atoms with E-state index < -0.39 is 0 Å². The van der Waals surface area contributed by atoms with E-state index in [0.717, 1.165) is 12.2 Å². The minimum absolute atomic E-state index is 0.256. The Balaban J connectivity index is 2.12. The lowest BCUT2D eigenvalue weighted by Crippen LogP contribution is -2.04. The molecule has 1 aromatic carbocycles. The topological polar surface area (TPSA) is 45.1 Å². The number of oxime groups is 1. The average Bonchev–Trinajstić information content (AvgIpc) is 2.99. The first-order valence-corrected chi connectivity index (χ1v) is 4.28. The van der Waals surface area contributed by atoms with E-state index in [1.807, 2.05) is 30.3 Å². The van der Waals surface area contributed by atoms with Crippen LogP contribution in [0.3, 0.4) is 0 Å². The Morgan fingerprint density at radius 1 is 1.46 bits per heavy atom. The van der Waals surface area contributed by atoms with E-state index in [4.69, 9.17) is 9.94 Å². The highest BCUT2D eigenvalue weighted by molar-refractivity contribution is 6.00. The van der Waals surface area contributed by atoms with Gasteiger partial charge in [0.2, 0.25) is 0 Å². The highest BCUT2D eigenvalue weighted by Crippen LogP contribution is 2.17. The summed E-state index contributed by atoms with van der Waals surface area (Å²) in [7, 11) is 0. The highest BCUT2D eigenvalue weighted by atomic mass is 16.6. The minimum Gasteiger partial charge on any atom is -0.411 e. The molecule has 68 valence electrons. The first kappa shape index (κ1) is 8.26. The molecule has 13 heavy (non-hydrogen) atoms. The summed E-state index contributed by atoms with van der Waals surface area (Å²) < 4.78 is 5.07. The summed E-state index contributed by atoms with van der Waals surface area (Å²) >= 11 is 0. The summed E-state index contributed by atoms with van der Waals surface area (Å²) in [6.07, 6.45) is 0.951. The van der Waals surface area contributed by atoms with Crippen LogP contribution in [0.25, 0.3) is 0 Å². The van der Waals surface area contributed by atoms with Crippen LogP contribution in [0, 0.1) is 0 Å². The Labute approximate surface area is 76.6 Å². The van der Waals surface area contributed by atoms with Gasteiger partial charge in [-0.05, 0) is 5.56 Å². The van der Waals surface area contributed by atoms with Crippen molar-refractivity contribution in [1.29, 1.82) is 0 Å². The van der Waals surface area contributed by atoms with Crippen LogP contribution in [0.15, 0.2) is 35.5 Å². The predicted molar refractivity (Wildman–Crippen MR) is 49.1 cm³/mol. The maximum atomic E-state index is 8.79. The summed E-state index contributed by atoms with van der Waals surface area (Å²) in [5.74, 6) is 0. The number of benzene rings is 1. The third-order valence-electron chi connectivity index (χ3n) is 2.05. The Bertz CT molecular complexity index is 304. The zero-order chi connectivity index (χ0) is 9.10. The van der Waals surface area contributed by atoms with Crippen molar-refractivity contribution in [2.24, 2.45) is 5.16 Å². The molecule has 1 aliphatic rings. The van der Waals surface area contributed by atoms with Crippen LogP contribution >= 0.6 is 0 Å². The molecule has 1 N–H and O–H groups in total. The van der Waals surface area contributed by atoms with Gasteiger partial charge in [-0.3, -0.25) is 0 Å². The molecule has 0 amide bonds. The summed E-state index contributed by atoms with van der Waals surface area (Å²) in [6.45, 7) is 0.784. The largest absolute Gasteiger partial charge is 0.411 e. The fraction of sp³-hybridized carbons (Fsp3) is 0.300. The van der Waals surface area contributed by atoms with Crippen molar-refractivity contribution in [3.8, 4) is 0 Å². The number of epoxide rings is 1. The van der Waals surface area contributed by atoms with Gasteiger partial charge in [-0.15, -0.1) is 0 Å². The normalized spacial score (nSPS) is 21.5. The van der Waals surface area contributed by atoms with Crippen LogP contribution in [0.4, 0.5) is 0 Å². The van der Waals surface area contributed by atoms with Crippen molar-refractivity contribution in [2.45, 2.75) is 12.5 Å². The van der Waals surface area contributed by atoms with E-state index >= 15 is 0 Å². The zero-order valence-electron chi connectivity index (χ0n) is 7.18. The molecular weight excluding hydrogens is 166 g/mol. The molecule has 0 bridgehead atoms. The van der Waals surface area contributed by atoms with Crippen molar-refractivity contribution in [3.05, 3.63) is 35.9 Å². The quantitative estimate of drug-likeness (QED) is 0.330. The Hall–Kier alpha value is -1.35. The molecule has 3 heteroatoms. The van der Waals surface area contributed by atoms with Crippen LogP contribution in [-0.4, -0.2) is 23.6 Å². The first-order chi connectivity index (χ1) is 6.40. The van der Waals surface area contributed by atoms with Gasteiger partial charge in [0.05, 0.1) is 18.4 Å². The lowest BCUT2D eigenvalue weighted by molar-refractivity contribution is 0.316. The van der Waals surface area contributed by atoms with Gasteiger partial charge in [0, 0.05) is 6.42 Å². The second-order valence-corrected chi connectivity index (χ2v) is 3.07. The fourth-order valence-electron chi connectivity index (χ4n) is 1.25. The van der Waals surface area contributed by atoms with Gasteiger partial charge in [0.1, 0.15) is 0 Å². The van der Waals surface area contributed by atoms with Gasteiger partial charge in [0.15, 0.2) is 0 Å². The molecule has 0 saturated carbocycles. The Kier molecular flexibility index (Phi) is 2.27. The van der Waals surface area contributed by atoms with Gasteiger partial charge >= 0.3 is 0 Å². The van der Waals surface area contributed by atoms with E-state index in [-0.39, 0.29) is 6.10 Å². The predicted octanol–water partition coefficient (Wildman–Crippen LogP) is 1.65. The SMILES string of the molecule is O/N=C(/CC1CO1)c1ccccc1. The van der Waals surface area contributed by atoms with Crippen molar-refractivity contribution in [3.63, 3.8) is 0 Å². The molecule has 1 fully saturated rings. The van der Waals surface area contributed by atoms with Crippen LogP contribution in [0.2, 0.25) is 0 Å². The Morgan fingerprint density at radius 2 is 2.15 bits per heavy atom. The van der Waals surface area contributed by atoms with Gasteiger partial charge in [0.25, 0.3) is 0 Å². The zero-order valence-corrected chi connectivity index (χ0v) is 7.18. The van der Waals surface area contributed by atoms with E-state index in [1.165, 1.54) is 0 Å². The Morgan fingerprint density at radius 3 is 2.69 bits per heavy atom. The molecule has 0 aromatic heterocycles. The molecule has 0 spiro atoms. The molecule has 0 radical (unpaired) electrons. The van der Waals surface area contributed by atoms with Gasteiger partial charge in [-0.25, -0.2) is 0 Å². The lowest BCUT2D eigenvalue weighted by atomic mass is 10.1. The van der Waals surface area contributed by atoms with E-state index in [0.29, 0.717) is 12.1 Å².